The predicted molar refractivity (Wildman–Crippen MR) is 78.7 cm³/mol. The predicted octanol–water partition coefficient (Wildman–Crippen LogP) is 1.46. The van der Waals surface area contributed by atoms with Crippen molar-refractivity contribution in [2.75, 3.05) is 39.8 Å². The fraction of sp³-hybridized carbons (Fsp3) is 0.600. The van der Waals surface area contributed by atoms with Gasteiger partial charge < -0.3 is 24.8 Å². The van der Waals surface area contributed by atoms with Crippen molar-refractivity contribution in [3.63, 3.8) is 0 Å². The number of nitrogens with zero attached hydrogens (tertiary/aromatic N) is 1. The van der Waals surface area contributed by atoms with Crippen LogP contribution in [0.1, 0.15) is 13.3 Å². The van der Waals surface area contributed by atoms with E-state index in [4.69, 9.17) is 14.6 Å². The Bertz CT molecular complexity index is 418. The quantitative estimate of drug-likeness (QED) is 0.831. The molecule has 1 aromatic carbocycles. The van der Waals surface area contributed by atoms with Gasteiger partial charge in [-0.2, -0.15) is 0 Å². The molecule has 5 heteroatoms. The van der Waals surface area contributed by atoms with Crippen molar-refractivity contribution >= 4 is 0 Å². The van der Waals surface area contributed by atoms with Gasteiger partial charge in [-0.05, 0) is 25.5 Å². The Morgan fingerprint density at radius 2 is 2.10 bits per heavy atom. The van der Waals surface area contributed by atoms with E-state index in [0.717, 1.165) is 56.4 Å². The van der Waals surface area contributed by atoms with Crippen LogP contribution in [0.3, 0.4) is 0 Å². The molecule has 2 aliphatic heterocycles. The molecule has 20 heavy (non-hydrogen) atoms. The first-order valence-corrected chi connectivity index (χ1v) is 7.16. The van der Waals surface area contributed by atoms with Crippen LogP contribution in [0, 0.1) is 0 Å². The van der Waals surface area contributed by atoms with Crippen molar-refractivity contribution in [1.82, 2.24) is 10.2 Å². The van der Waals surface area contributed by atoms with Crippen LogP contribution in [0.15, 0.2) is 18.2 Å². The van der Waals surface area contributed by atoms with E-state index in [9.17, 15) is 0 Å². The molecule has 0 aliphatic carbocycles. The van der Waals surface area contributed by atoms with Crippen molar-refractivity contribution in [2.24, 2.45) is 0 Å². The van der Waals surface area contributed by atoms with E-state index < -0.39 is 0 Å². The van der Waals surface area contributed by atoms with E-state index in [1.165, 1.54) is 0 Å². The van der Waals surface area contributed by atoms with Gasteiger partial charge in [-0.15, -0.1) is 0 Å². The van der Waals surface area contributed by atoms with Gasteiger partial charge in [0.05, 0.1) is 13.2 Å². The molecule has 1 saturated heterocycles. The minimum Gasteiger partial charge on any atom is -0.497 e. The molecular weight excluding hydrogens is 256 g/mol. The van der Waals surface area contributed by atoms with Gasteiger partial charge in [0.15, 0.2) is 11.5 Å². The van der Waals surface area contributed by atoms with E-state index in [1.54, 1.807) is 7.11 Å². The van der Waals surface area contributed by atoms with Gasteiger partial charge >= 0.3 is 0 Å². The minimum absolute atomic E-state index is 0.148. The zero-order chi connectivity index (χ0) is 14.4. The number of hydrogen-bond donors (Lipinski definition) is 2. The van der Waals surface area contributed by atoms with Crippen LogP contribution in [0.4, 0.5) is 0 Å². The number of benzene rings is 1. The van der Waals surface area contributed by atoms with Crippen LogP contribution < -0.4 is 14.8 Å². The Morgan fingerprint density at radius 1 is 1.35 bits per heavy atom. The summed E-state index contributed by atoms with van der Waals surface area (Å²) >= 11 is 0. The average molecular weight is 280 g/mol. The molecule has 112 valence electrons. The van der Waals surface area contributed by atoms with E-state index >= 15 is 0 Å². The smallest absolute Gasteiger partial charge is 0.173 e. The van der Waals surface area contributed by atoms with Crippen LogP contribution in [-0.2, 0) is 0 Å². The van der Waals surface area contributed by atoms with Gasteiger partial charge in [-0.3, -0.25) is 0 Å². The zero-order valence-corrected chi connectivity index (χ0v) is 12.3. The summed E-state index contributed by atoms with van der Waals surface area (Å²) in [4.78, 5) is 2.39. The summed E-state index contributed by atoms with van der Waals surface area (Å²) in [6.45, 7) is 7.35. The number of piperazine rings is 1. The van der Waals surface area contributed by atoms with Crippen LogP contribution in [0.25, 0.3) is 0 Å². The van der Waals surface area contributed by atoms with Crippen LogP contribution in [-0.4, -0.2) is 55.9 Å². The number of fused-ring (bicyclic) bond motifs is 1. The second-order valence-corrected chi connectivity index (χ2v) is 5.14. The van der Waals surface area contributed by atoms with E-state index in [0.29, 0.717) is 0 Å². The van der Waals surface area contributed by atoms with Crippen molar-refractivity contribution in [1.29, 1.82) is 0 Å². The van der Waals surface area contributed by atoms with Crippen molar-refractivity contribution in [3.8, 4) is 17.2 Å². The third-order valence-electron chi connectivity index (χ3n) is 3.40. The number of aliphatic hydroxyl groups excluding tert-OH is 1. The Hall–Kier alpha value is -1.30. The fourth-order valence-electron chi connectivity index (χ4n) is 2.08. The molecule has 3 rings (SSSR count). The maximum absolute atomic E-state index is 9.04. The average Bonchev–Trinajstić information content (AvgIpc) is 3.25. The molecule has 0 aromatic heterocycles. The Balaban J connectivity index is 0.000000149. The molecule has 2 heterocycles. The summed E-state index contributed by atoms with van der Waals surface area (Å²) in [5.41, 5.74) is 0. The number of aliphatic hydroxyl groups is 1. The van der Waals surface area contributed by atoms with E-state index in [2.05, 4.69) is 10.2 Å². The van der Waals surface area contributed by atoms with Gasteiger partial charge in [0.25, 0.3) is 0 Å². The maximum Gasteiger partial charge on any atom is 0.173 e. The summed E-state index contributed by atoms with van der Waals surface area (Å²) < 4.78 is 9.95. The molecular formula is C15H24N2O3. The summed E-state index contributed by atoms with van der Waals surface area (Å²) in [6.07, 6.45) is 0.755. The first-order valence-electron chi connectivity index (χ1n) is 7.16. The number of methoxy groups -OCH3 is 1. The second-order valence-electron chi connectivity index (χ2n) is 5.14. The molecule has 1 fully saturated rings. The maximum atomic E-state index is 9.04. The van der Waals surface area contributed by atoms with E-state index in [-0.39, 0.29) is 6.10 Å². The van der Waals surface area contributed by atoms with Crippen molar-refractivity contribution in [2.45, 2.75) is 19.4 Å². The Kier molecular flexibility index (Phi) is 5.64. The molecule has 0 saturated carbocycles. The monoisotopic (exact) mass is 280 g/mol. The summed E-state index contributed by atoms with van der Waals surface area (Å²) in [6, 6.07) is 5.65. The number of rotatable bonds is 4. The molecule has 5 nitrogen and oxygen atoms in total. The largest absolute Gasteiger partial charge is 0.497 e. The van der Waals surface area contributed by atoms with Gasteiger partial charge in [0.1, 0.15) is 5.75 Å². The molecule has 1 unspecified atom stereocenters. The molecule has 2 aliphatic rings. The molecule has 0 spiro atoms. The van der Waals surface area contributed by atoms with Gasteiger partial charge in [0, 0.05) is 38.8 Å². The third kappa shape index (κ3) is 5.00. The van der Waals surface area contributed by atoms with Crippen molar-refractivity contribution in [3.05, 3.63) is 18.2 Å². The van der Waals surface area contributed by atoms with Gasteiger partial charge in [-0.1, -0.05) is 0 Å². The second kappa shape index (κ2) is 7.47. The standard InChI is InChI=1S/C8H18N2O.C7H6O2/c1-8(11)2-5-10-6-3-9-4-7-10;1-8-5-2-3-6-7(4-5)9-6/h8-9,11H,2-7H2,1H3;2-4H,1H3. The lowest BCUT2D eigenvalue weighted by Gasteiger charge is -2.27. The summed E-state index contributed by atoms with van der Waals surface area (Å²) in [5.74, 6) is 2.76. The summed E-state index contributed by atoms with van der Waals surface area (Å²) in [5, 5.41) is 12.3. The normalized spacial score (nSPS) is 18.1. The molecule has 2 N–H and O–H groups in total. The topological polar surface area (TPSA) is 57.3 Å². The van der Waals surface area contributed by atoms with E-state index in [1.807, 2.05) is 25.1 Å². The van der Waals surface area contributed by atoms with Crippen molar-refractivity contribution < 1.29 is 14.6 Å². The summed E-state index contributed by atoms with van der Waals surface area (Å²) in [7, 11) is 1.64. The minimum atomic E-state index is -0.148. The first-order chi connectivity index (χ1) is 9.69. The fourth-order valence-corrected chi connectivity index (χ4v) is 2.08. The lowest BCUT2D eigenvalue weighted by atomic mass is 10.2. The van der Waals surface area contributed by atoms with Crippen LogP contribution >= 0.6 is 0 Å². The number of hydrogen-bond acceptors (Lipinski definition) is 5. The SMILES string of the molecule is CC(O)CCN1CCNCC1.COc1ccc2c(c1)O2. The highest BCUT2D eigenvalue weighted by molar-refractivity contribution is 5.57. The van der Waals surface area contributed by atoms with Crippen LogP contribution in [0.2, 0.25) is 0 Å². The third-order valence-corrected chi connectivity index (χ3v) is 3.40. The highest BCUT2D eigenvalue weighted by Gasteiger charge is 2.19. The molecule has 0 amide bonds. The molecule has 0 bridgehead atoms. The van der Waals surface area contributed by atoms with Gasteiger partial charge in [-0.25, -0.2) is 0 Å². The Labute approximate surface area is 120 Å². The lowest BCUT2D eigenvalue weighted by Crippen LogP contribution is -2.44. The zero-order valence-electron chi connectivity index (χ0n) is 12.3. The molecule has 0 radical (unpaired) electrons. The first kappa shape index (κ1) is 15.1. The number of ether oxygens (including phenoxy) is 2. The lowest BCUT2D eigenvalue weighted by molar-refractivity contribution is 0.150. The number of nitrogens with one attached hydrogen (secondary N) is 1. The highest BCUT2D eigenvalue weighted by Crippen LogP contribution is 2.46. The molecule has 1 aromatic rings. The van der Waals surface area contributed by atoms with Crippen LogP contribution in [0.5, 0.6) is 17.2 Å². The molecule has 1 atom stereocenters. The highest BCUT2D eigenvalue weighted by atomic mass is 16.6. The van der Waals surface area contributed by atoms with Gasteiger partial charge in [0.2, 0.25) is 0 Å². The Morgan fingerprint density at radius 3 is 2.70 bits per heavy atom.